The van der Waals surface area contributed by atoms with Gasteiger partial charge >= 0.3 is 6.18 Å². The first kappa shape index (κ1) is 18.5. The molecule has 7 heteroatoms. The molecule has 0 atom stereocenters. The van der Waals surface area contributed by atoms with Gasteiger partial charge in [0.25, 0.3) is 5.91 Å². The summed E-state index contributed by atoms with van der Waals surface area (Å²) in [6.07, 6.45) is -4.46. The van der Waals surface area contributed by atoms with Gasteiger partial charge < -0.3 is 10.6 Å². The van der Waals surface area contributed by atoms with Crippen molar-refractivity contribution in [2.45, 2.75) is 20.0 Å². The van der Waals surface area contributed by atoms with Crippen molar-refractivity contribution in [2.75, 3.05) is 11.9 Å². The number of anilines is 1. The molecule has 2 amide bonds. The van der Waals surface area contributed by atoms with Gasteiger partial charge in [0.15, 0.2) is 0 Å². The van der Waals surface area contributed by atoms with Gasteiger partial charge in [-0.1, -0.05) is 6.07 Å². The molecule has 0 aromatic heterocycles. The molecule has 0 saturated heterocycles. The molecule has 4 nitrogen and oxygen atoms in total. The first-order valence-electron chi connectivity index (χ1n) is 7.49. The van der Waals surface area contributed by atoms with Crippen LogP contribution in [0.3, 0.4) is 0 Å². The van der Waals surface area contributed by atoms with E-state index in [-0.39, 0.29) is 12.1 Å². The molecule has 0 spiro atoms. The lowest BCUT2D eigenvalue weighted by Gasteiger charge is -2.10. The van der Waals surface area contributed by atoms with E-state index in [0.29, 0.717) is 5.69 Å². The Morgan fingerprint density at radius 1 is 0.960 bits per heavy atom. The molecular weight excluding hydrogens is 333 g/mol. The zero-order chi connectivity index (χ0) is 18.6. The number of halogens is 3. The Balaban J connectivity index is 1.90. The number of alkyl halides is 3. The summed E-state index contributed by atoms with van der Waals surface area (Å²) in [5.74, 6) is -1.05. The molecule has 0 heterocycles. The van der Waals surface area contributed by atoms with E-state index in [1.807, 2.05) is 26.0 Å². The molecular formula is C18H17F3N2O2. The zero-order valence-corrected chi connectivity index (χ0v) is 13.7. The molecule has 2 rings (SSSR count). The molecule has 2 N–H and O–H groups in total. The molecule has 2 aromatic carbocycles. The Hall–Kier alpha value is -2.83. The molecule has 0 fully saturated rings. The highest BCUT2D eigenvalue weighted by atomic mass is 19.4. The van der Waals surface area contributed by atoms with Crippen molar-refractivity contribution in [3.8, 4) is 0 Å². The van der Waals surface area contributed by atoms with Crippen LogP contribution in [0.15, 0.2) is 42.5 Å². The standard InChI is InChI=1S/C18H17F3N2O2/c1-11-3-8-15(9-12(11)2)23-16(24)10-22-17(25)13-4-6-14(7-5-13)18(19,20)21/h3-9H,10H2,1-2H3,(H,22,25)(H,23,24). The molecule has 25 heavy (non-hydrogen) atoms. The van der Waals surface area contributed by atoms with Crippen molar-refractivity contribution in [2.24, 2.45) is 0 Å². The minimum Gasteiger partial charge on any atom is -0.343 e. The largest absolute Gasteiger partial charge is 0.416 e. The minimum absolute atomic E-state index is 0.0481. The SMILES string of the molecule is Cc1ccc(NC(=O)CNC(=O)c2ccc(C(F)(F)F)cc2)cc1C. The van der Waals surface area contributed by atoms with Gasteiger partial charge in [-0.15, -0.1) is 0 Å². The quantitative estimate of drug-likeness (QED) is 0.884. The number of aryl methyl sites for hydroxylation is 2. The predicted octanol–water partition coefficient (Wildman–Crippen LogP) is 3.69. The van der Waals surface area contributed by atoms with Gasteiger partial charge in [-0.3, -0.25) is 9.59 Å². The lowest BCUT2D eigenvalue weighted by atomic mass is 10.1. The molecule has 132 valence electrons. The van der Waals surface area contributed by atoms with Gasteiger partial charge in [-0.25, -0.2) is 0 Å². The number of benzene rings is 2. The van der Waals surface area contributed by atoms with Crippen LogP contribution in [0.1, 0.15) is 27.0 Å². The maximum atomic E-state index is 12.5. The maximum absolute atomic E-state index is 12.5. The Labute approximate surface area is 143 Å². The summed E-state index contributed by atoms with van der Waals surface area (Å²) in [7, 11) is 0. The molecule has 0 aliphatic heterocycles. The van der Waals surface area contributed by atoms with Crippen molar-refractivity contribution in [1.82, 2.24) is 5.32 Å². The Kier molecular flexibility index (Phi) is 5.46. The van der Waals surface area contributed by atoms with Gasteiger partial charge in [0.05, 0.1) is 12.1 Å². The highest BCUT2D eigenvalue weighted by Gasteiger charge is 2.30. The second kappa shape index (κ2) is 7.38. The van der Waals surface area contributed by atoms with E-state index >= 15 is 0 Å². The van der Waals surface area contributed by atoms with Crippen LogP contribution in [-0.4, -0.2) is 18.4 Å². The highest BCUT2D eigenvalue weighted by Crippen LogP contribution is 2.29. The fourth-order valence-electron chi connectivity index (χ4n) is 2.10. The van der Waals surface area contributed by atoms with Crippen LogP contribution in [-0.2, 0) is 11.0 Å². The summed E-state index contributed by atoms with van der Waals surface area (Å²) in [5, 5.41) is 5.01. The van der Waals surface area contributed by atoms with Crippen LogP contribution >= 0.6 is 0 Å². The minimum atomic E-state index is -4.46. The van der Waals surface area contributed by atoms with Gasteiger partial charge in [0.2, 0.25) is 5.91 Å². The Bertz CT molecular complexity index is 784. The number of hydrogen-bond acceptors (Lipinski definition) is 2. The number of nitrogens with one attached hydrogen (secondary N) is 2. The normalized spacial score (nSPS) is 11.1. The van der Waals surface area contributed by atoms with Crippen molar-refractivity contribution >= 4 is 17.5 Å². The number of amides is 2. The predicted molar refractivity (Wildman–Crippen MR) is 88.3 cm³/mol. The van der Waals surface area contributed by atoms with E-state index < -0.39 is 23.6 Å². The van der Waals surface area contributed by atoms with Gasteiger partial charge in [-0.2, -0.15) is 13.2 Å². The van der Waals surface area contributed by atoms with Crippen LogP contribution in [0.5, 0.6) is 0 Å². The third-order valence-corrected chi connectivity index (χ3v) is 3.67. The Morgan fingerprint density at radius 2 is 1.60 bits per heavy atom. The van der Waals surface area contributed by atoms with Gasteiger partial charge in [-0.05, 0) is 61.4 Å². The van der Waals surface area contributed by atoms with Gasteiger partial charge in [0, 0.05) is 11.3 Å². The van der Waals surface area contributed by atoms with E-state index in [4.69, 9.17) is 0 Å². The van der Waals surface area contributed by atoms with E-state index in [2.05, 4.69) is 10.6 Å². The van der Waals surface area contributed by atoms with Crippen LogP contribution in [0.25, 0.3) is 0 Å². The van der Waals surface area contributed by atoms with E-state index in [1.165, 1.54) is 0 Å². The van der Waals surface area contributed by atoms with Gasteiger partial charge in [0.1, 0.15) is 0 Å². The third kappa shape index (κ3) is 5.07. The van der Waals surface area contributed by atoms with E-state index in [1.54, 1.807) is 6.07 Å². The first-order chi connectivity index (χ1) is 11.7. The second-order valence-corrected chi connectivity index (χ2v) is 5.61. The highest BCUT2D eigenvalue weighted by molar-refractivity contribution is 5.99. The summed E-state index contributed by atoms with van der Waals surface area (Å²) in [6.45, 7) is 3.58. The van der Waals surface area contributed by atoms with E-state index in [0.717, 1.165) is 35.4 Å². The molecule has 2 aromatic rings. The van der Waals surface area contributed by atoms with Crippen molar-refractivity contribution in [1.29, 1.82) is 0 Å². The smallest absolute Gasteiger partial charge is 0.343 e. The zero-order valence-electron chi connectivity index (χ0n) is 13.7. The average molecular weight is 350 g/mol. The monoisotopic (exact) mass is 350 g/mol. The molecule has 0 saturated carbocycles. The van der Waals surface area contributed by atoms with Crippen molar-refractivity contribution in [3.63, 3.8) is 0 Å². The fraction of sp³-hybridized carbons (Fsp3) is 0.222. The maximum Gasteiger partial charge on any atom is 0.416 e. The number of hydrogen-bond donors (Lipinski definition) is 2. The van der Waals surface area contributed by atoms with Crippen LogP contribution in [0.2, 0.25) is 0 Å². The third-order valence-electron chi connectivity index (χ3n) is 3.67. The van der Waals surface area contributed by atoms with Crippen LogP contribution in [0, 0.1) is 13.8 Å². The summed E-state index contributed by atoms with van der Waals surface area (Å²) in [6, 6.07) is 9.21. The number of rotatable bonds is 4. The van der Waals surface area contributed by atoms with Crippen molar-refractivity contribution in [3.05, 3.63) is 64.7 Å². The fourth-order valence-corrected chi connectivity index (χ4v) is 2.10. The Morgan fingerprint density at radius 3 is 2.16 bits per heavy atom. The lowest BCUT2D eigenvalue weighted by molar-refractivity contribution is -0.137. The molecule has 0 aliphatic rings. The van der Waals surface area contributed by atoms with Crippen molar-refractivity contribution < 1.29 is 22.8 Å². The topological polar surface area (TPSA) is 58.2 Å². The average Bonchev–Trinajstić information content (AvgIpc) is 2.55. The van der Waals surface area contributed by atoms with Crippen LogP contribution in [0.4, 0.5) is 18.9 Å². The number of carbonyl (C=O) groups excluding carboxylic acids is 2. The first-order valence-corrected chi connectivity index (χ1v) is 7.49. The summed E-state index contributed by atoms with van der Waals surface area (Å²) in [5.41, 5.74) is 1.93. The molecule has 0 unspecified atom stereocenters. The second-order valence-electron chi connectivity index (χ2n) is 5.61. The lowest BCUT2D eigenvalue weighted by Crippen LogP contribution is -2.32. The summed E-state index contributed by atoms with van der Waals surface area (Å²) >= 11 is 0. The number of carbonyl (C=O) groups is 2. The summed E-state index contributed by atoms with van der Waals surface area (Å²) < 4.78 is 37.4. The summed E-state index contributed by atoms with van der Waals surface area (Å²) in [4.78, 5) is 23.7. The molecule has 0 aliphatic carbocycles. The van der Waals surface area contributed by atoms with Crippen LogP contribution < -0.4 is 10.6 Å². The molecule has 0 radical (unpaired) electrons. The molecule has 0 bridgehead atoms. The van der Waals surface area contributed by atoms with E-state index in [9.17, 15) is 22.8 Å².